The third-order valence-electron chi connectivity index (χ3n) is 6.05. The highest BCUT2D eigenvalue weighted by Gasteiger charge is 2.18. The van der Waals surface area contributed by atoms with E-state index < -0.39 is 0 Å². The third kappa shape index (κ3) is 2.50. The molecule has 6 nitrogen and oxygen atoms in total. The third-order valence-corrected chi connectivity index (χ3v) is 6.05. The van der Waals surface area contributed by atoms with Gasteiger partial charge in [-0.25, -0.2) is 0 Å². The molecular formula is C28H8N6. The van der Waals surface area contributed by atoms with E-state index in [0.717, 1.165) is 21.5 Å². The maximum absolute atomic E-state index is 9.69. The Hall–Kier alpha value is -5.92. The smallest absolute Gasteiger partial charge is 0.201 e. The van der Waals surface area contributed by atoms with Crippen LogP contribution in [0.3, 0.4) is 0 Å². The van der Waals surface area contributed by atoms with Crippen molar-refractivity contribution in [3.05, 3.63) is 99.5 Å². The zero-order valence-corrected chi connectivity index (χ0v) is 17.3. The molecule has 0 aromatic heterocycles. The topological polar surface area (TPSA) is 84.4 Å². The van der Waals surface area contributed by atoms with Gasteiger partial charge in [0.2, 0.25) is 5.69 Å². The van der Waals surface area contributed by atoms with Gasteiger partial charge < -0.3 is 0 Å². The molecule has 0 heterocycles. The van der Waals surface area contributed by atoms with Crippen molar-refractivity contribution in [2.45, 2.75) is 0 Å². The number of fused-ring (bicyclic) bond motifs is 7. The van der Waals surface area contributed by atoms with Crippen molar-refractivity contribution in [2.24, 2.45) is 0 Å². The van der Waals surface area contributed by atoms with Crippen molar-refractivity contribution >= 4 is 60.2 Å². The van der Waals surface area contributed by atoms with Crippen LogP contribution in [0.15, 0.2) is 48.5 Å². The second-order valence-electron chi connectivity index (χ2n) is 7.52. The van der Waals surface area contributed by atoms with Crippen molar-refractivity contribution in [2.75, 3.05) is 0 Å². The van der Waals surface area contributed by atoms with Gasteiger partial charge >= 0.3 is 0 Å². The van der Waals surface area contributed by atoms with Gasteiger partial charge in [0.15, 0.2) is 11.4 Å². The molecule has 5 aromatic carbocycles. The Balaban J connectivity index is 1.99. The summed E-state index contributed by atoms with van der Waals surface area (Å²) in [4.78, 5) is 10.4. The lowest BCUT2D eigenvalue weighted by Crippen LogP contribution is -1.93. The Morgan fingerprint density at radius 2 is 1.00 bits per heavy atom. The summed E-state index contributed by atoms with van der Waals surface area (Å²) in [7, 11) is 0. The first-order valence-electron chi connectivity index (χ1n) is 9.90. The fourth-order valence-corrected chi connectivity index (χ4v) is 4.57. The summed E-state index contributed by atoms with van der Waals surface area (Å²) in [5.41, 5.74) is 0.753. The van der Waals surface area contributed by atoms with E-state index in [2.05, 4.69) is 20.6 Å². The van der Waals surface area contributed by atoms with Crippen LogP contribution in [0, 0.1) is 53.7 Å². The first-order chi connectivity index (χ1) is 16.6. The van der Waals surface area contributed by atoms with Crippen molar-refractivity contribution in [1.82, 2.24) is 0 Å². The lowest BCUT2D eigenvalue weighted by molar-refractivity contribution is 1.42. The first-order valence-corrected chi connectivity index (χ1v) is 9.90. The molecular weight excluding hydrogens is 420 g/mol. The molecule has 0 fully saturated rings. The van der Waals surface area contributed by atoms with Gasteiger partial charge in [0.05, 0.1) is 36.4 Å². The molecule has 0 spiro atoms. The summed E-state index contributed by atoms with van der Waals surface area (Å²) >= 11 is 0. The summed E-state index contributed by atoms with van der Waals surface area (Å²) < 4.78 is 0. The zero-order valence-electron chi connectivity index (χ0n) is 17.3. The number of rotatable bonds is 0. The molecule has 0 radical (unpaired) electrons. The van der Waals surface area contributed by atoms with Gasteiger partial charge in [-0.2, -0.15) is 15.8 Å². The molecule has 0 N–H and O–H groups in total. The first kappa shape index (κ1) is 20.0. The Bertz CT molecular complexity index is 1880. The second-order valence-corrected chi connectivity index (χ2v) is 7.52. The number of hydrogen-bond donors (Lipinski definition) is 0. The minimum absolute atomic E-state index is 0.0602. The van der Waals surface area contributed by atoms with Gasteiger partial charge in [0, 0.05) is 5.39 Å². The fraction of sp³-hybridized carbons (Fsp3) is 0. The highest BCUT2D eigenvalue weighted by molar-refractivity contribution is 6.25. The molecule has 34 heavy (non-hydrogen) atoms. The molecule has 0 saturated carbocycles. The van der Waals surface area contributed by atoms with E-state index in [1.165, 1.54) is 0 Å². The molecule has 0 aliphatic heterocycles. The van der Waals surface area contributed by atoms with Crippen LogP contribution in [0.2, 0.25) is 0 Å². The highest BCUT2D eigenvalue weighted by atomic mass is 14.8. The van der Waals surface area contributed by atoms with Gasteiger partial charge in [-0.15, -0.1) is 0 Å². The Kier molecular flexibility index (Phi) is 4.32. The molecule has 6 heteroatoms. The second kappa shape index (κ2) is 7.34. The van der Waals surface area contributed by atoms with Crippen LogP contribution in [0.25, 0.3) is 57.6 Å². The predicted octanol–water partition coefficient (Wildman–Crippen LogP) is 7.57. The molecule has 0 bridgehead atoms. The summed E-state index contributed by atoms with van der Waals surface area (Å²) in [5.74, 6) is 0. The highest BCUT2D eigenvalue weighted by Crippen LogP contribution is 2.47. The standard InChI is InChI=1S/C28H8N6/c1-32-26-11-23-19-6-5-18-16(17(19)8-9-21(23)27(33-2)28(26)34-3)4-7-20-22(18)10-15(12-29)24(13-30)25(20)14-31/h4-11H. The molecule has 0 saturated heterocycles. The van der Waals surface area contributed by atoms with Crippen LogP contribution in [-0.2, 0) is 0 Å². The molecule has 0 aliphatic rings. The Morgan fingerprint density at radius 1 is 0.500 bits per heavy atom. The van der Waals surface area contributed by atoms with Crippen LogP contribution in [0.1, 0.15) is 16.7 Å². The lowest BCUT2D eigenvalue weighted by atomic mass is 9.90. The van der Waals surface area contributed by atoms with Crippen molar-refractivity contribution in [3.8, 4) is 18.2 Å². The lowest BCUT2D eigenvalue weighted by Gasteiger charge is -2.13. The molecule has 5 rings (SSSR count). The van der Waals surface area contributed by atoms with Gasteiger partial charge in [-0.3, -0.25) is 14.5 Å². The van der Waals surface area contributed by atoms with Crippen LogP contribution in [-0.4, -0.2) is 0 Å². The minimum Gasteiger partial charge on any atom is -0.262 e. The summed E-state index contributed by atoms with van der Waals surface area (Å²) in [5, 5.41) is 34.7. The number of nitrogens with zero attached hydrogens (tertiary/aromatic N) is 6. The largest absolute Gasteiger partial charge is 0.262 e. The van der Waals surface area contributed by atoms with Gasteiger partial charge in [-0.05, 0) is 43.8 Å². The van der Waals surface area contributed by atoms with Crippen LogP contribution >= 0.6 is 0 Å². The monoisotopic (exact) mass is 428 g/mol. The molecule has 0 atom stereocenters. The van der Waals surface area contributed by atoms with E-state index in [-0.39, 0.29) is 33.8 Å². The van der Waals surface area contributed by atoms with Crippen LogP contribution < -0.4 is 0 Å². The summed E-state index contributed by atoms with van der Waals surface area (Å²) in [6.45, 7) is 22.5. The molecule has 0 amide bonds. The van der Waals surface area contributed by atoms with Crippen LogP contribution in [0.5, 0.6) is 0 Å². The van der Waals surface area contributed by atoms with Crippen molar-refractivity contribution in [1.29, 1.82) is 15.8 Å². The average Bonchev–Trinajstić information content (AvgIpc) is 2.89. The van der Waals surface area contributed by atoms with Crippen LogP contribution in [0.4, 0.5) is 17.1 Å². The van der Waals surface area contributed by atoms with Crippen molar-refractivity contribution < 1.29 is 0 Å². The van der Waals surface area contributed by atoms with E-state index in [0.29, 0.717) is 21.5 Å². The van der Waals surface area contributed by atoms with Crippen molar-refractivity contribution in [3.63, 3.8) is 0 Å². The minimum atomic E-state index is 0.0602. The fourth-order valence-electron chi connectivity index (χ4n) is 4.57. The van der Waals surface area contributed by atoms with E-state index in [1.54, 1.807) is 24.3 Å². The average molecular weight is 428 g/mol. The maximum atomic E-state index is 9.69. The summed E-state index contributed by atoms with van der Waals surface area (Å²) in [6.07, 6.45) is 0. The molecule has 0 unspecified atom stereocenters. The Morgan fingerprint density at radius 3 is 1.50 bits per heavy atom. The molecule has 0 aliphatic carbocycles. The predicted molar refractivity (Wildman–Crippen MR) is 129 cm³/mol. The SMILES string of the molecule is [C-]#[N+]c1cc2c(ccc3c2ccc2c4cc(C#N)c(C#N)c(C#N)c4ccc23)c([N+]#[C-])c1[N+]#[C-]. The number of nitriles is 3. The van der Waals surface area contributed by atoms with E-state index >= 15 is 0 Å². The van der Waals surface area contributed by atoms with E-state index in [9.17, 15) is 15.8 Å². The van der Waals surface area contributed by atoms with E-state index in [1.807, 2.05) is 36.4 Å². The number of benzene rings is 5. The van der Waals surface area contributed by atoms with Gasteiger partial charge in [-0.1, -0.05) is 42.5 Å². The van der Waals surface area contributed by atoms with Gasteiger partial charge in [0.25, 0.3) is 0 Å². The molecule has 150 valence electrons. The quantitative estimate of drug-likeness (QED) is 0.188. The zero-order chi connectivity index (χ0) is 24.0. The van der Waals surface area contributed by atoms with Gasteiger partial charge in [0.1, 0.15) is 18.2 Å². The summed E-state index contributed by atoms with van der Waals surface area (Å²) in [6, 6.07) is 20.4. The normalized spacial score (nSPS) is 10.2. The number of hydrogen-bond acceptors (Lipinski definition) is 3. The Labute approximate surface area is 193 Å². The molecule has 5 aromatic rings. The maximum Gasteiger partial charge on any atom is 0.201 e. The van der Waals surface area contributed by atoms with E-state index in [4.69, 9.17) is 19.7 Å².